The smallest absolute Gasteiger partial charge is 0.308 e. The summed E-state index contributed by atoms with van der Waals surface area (Å²) in [6.07, 6.45) is 0.618. The molecule has 0 fully saturated rings. The van der Waals surface area contributed by atoms with Crippen LogP contribution >= 0.6 is 0 Å². The van der Waals surface area contributed by atoms with E-state index in [0.29, 0.717) is 41.9 Å². The summed E-state index contributed by atoms with van der Waals surface area (Å²) in [6, 6.07) is 11.3. The summed E-state index contributed by atoms with van der Waals surface area (Å²) >= 11 is 0. The molecule has 0 bridgehead atoms. The quantitative estimate of drug-likeness (QED) is 0.799. The second kappa shape index (κ2) is 7.64. The summed E-state index contributed by atoms with van der Waals surface area (Å²) in [5, 5.41) is 12.2. The van der Waals surface area contributed by atoms with Crippen molar-refractivity contribution in [1.82, 2.24) is 9.62 Å². The van der Waals surface area contributed by atoms with Gasteiger partial charge in [0, 0.05) is 13.1 Å². The van der Waals surface area contributed by atoms with E-state index in [1.54, 1.807) is 38.2 Å². The fourth-order valence-electron chi connectivity index (χ4n) is 3.15. The highest BCUT2D eigenvalue weighted by Gasteiger charge is 2.38. The molecule has 27 heavy (non-hydrogen) atoms. The van der Waals surface area contributed by atoms with Crippen LogP contribution < -0.4 is 9.62 Å². The van der Waals surface area contributed by atoms with Crippen molar-refractivity contribution in [1.29, 1.82) is 5.26 Å². The van der Waals surface area contributed by atoms with Gasteiger partial charge in [-0.2, -0.15) is 18.0 Å². The molecular formula is C19H21FN4O2S. The molecule has 2 aromatic rings. The molecule has 2 aromatic carbocycles. The van der Waals surface area contributed by atoms with Crippen molar-refractivity contribution in [2.75, 3.05) is 24.4 Å². The van der Waals surface area contributed by atoms with E-state index in [-0.39, 0.29) is 12.2 Å². The predicted molar refractivity (Wildman–Crippen MR) is 102 cm³/mol. The molecule has 0 saturated heterocycles. The normalized spacial score (nSPS) is 16.0. The van der Waals surface area contributed by atoms with Gasteiger partial charge in [-0.15, -0.1) is 0 Å². The van der Waals surface area contributed by atoms with Crippen molar-refractivity contribution in [3.05, 3.63) is 58.9 Å². The number of nitrogens with zero attached hydrogens (tertiary/aromatic N) is 3. The van der Waals surface area contributed by atoms with Crippen LogP contribution in [0.5, 0.6) is 0 Å². The maximum atomic E-state index is 14.7. The van der Waals surface area contributed by atoms with Crippen molar-refractivity contribution in [2.45, 2.75) is 19.9 Å². The van der Waals surface area contributed by atoms with E-state index in [1.807, 2.05) is 0 Å². The summed E-state index contributed by atoms with van der Waals surface area (Å²) in [5.41, 5.74) is 2.17. The van der Waals surface area contributed by atoms with Gasteiger partial charge in [-0.05, 0) is 68.4 Å². The first-order chi connectivity index (χ1) is 12.9. The molecule has 1 aliphatic heterocycles. The lowest BCUT2D eigenvalue weighted by molar-refractivity contribution is 0.391. The van der Waals surface area contributed by atoms with E-state index in [0.717, 1.165) is 4.31 Å². The minimum atomic E-state index is -3.95. The molecule has 6 nitrogen and oxygen atoms in total. The number of nitrogens with one attached hydrogen (secondary N) is 1. The zero-order valence-corrected chi connectivity index (χ0v) is 16.1. The fraction of sp³-hybridized carbons (Fsp3) is 0.316. The van der Waals surface area contributed by atoms with E-state index in [1.165, 1.54) is 16.4 Å². The minimum absolute atomic E-state index is 0.0233. The van der Waals surface area contributed by atoms with E-state index < -0.39 is 16.0 Å². The molecule has 1 aliphatic rings. The number of hydrogen-bond donors (Lipinski definition) is 1. The highest BCUT2D eigenvalue weighted by molar-refractivity contribution is 7.90. The van der Waals surface area contributed by atoms with Gasteiger partial charge in [0.05, 0.1) is 23.0 Å². The Balaban J connectivity index is 2.15. The van der Waals surface area contributed by atoms with Crippen LogP contribution in [0.2, 0.25) is 0 Å². The van der Waals surface area contributed by atoms with Gasteiger partial charge in [0.2, 0.25) is 0 Å². The van der Waals surface area contributed by atoms with Crippen LogP contribution in [-0.4, -0.2) is 32.9 Å². The third kappa shape index (κ3) is 3.67. The van der Waals surface area contributed by atoms with Gasteiger partial charge in [-0.3, -0.25) is 0 Å². The first-order valence-electron chi connectivity index (χ1n) is 8.62. The Kier molecular flexibility index (Phi) is 5.46. The Morgan fingerprint density at radius 2 is 1.96 bits per heavy atom. The first kappa shape index (κ1) is 19.3. The molecule has 0 unspecified atom stereocenters. The number of nitriles is 1. The number of hydrogen-bond acceptors (Lipinski definition) is 4. The highest BCUT2D eigenvalue weighted by Crippen LogP contribution is 2.40. The Hall–Kier alpha value is -2.47. The van der Waals surface area contributed by atoms with Crippen molar-refractivity contribution < 1.29 is 12.8 Å². The number of anilines is 2. The number of fused-ring (bicyclic) bond motifs is 1. The lowest BCUT2D eigenvalue weighted by atomic mass is 10.1. The zero-order valence-electron chi connectivity index (χ0n) is 15.2. The minimum Gasteiger partial charge on any atom is -0.320 e. The van der Waals surface area contributed by atoms with Crippen LogP contribution in [0.1, 0.15) is 23.1 Å². The average Bonchev–Trinajstić information content (AvgIpc) is 2.63. The van der Waals surface area contributed by atoms with E-state index >= 15 is 0 Å². The molecule has 0 aromatic heterocycles. The van der Waals surface area contributed by atoms with Crippen molar-refractivity contribution in [3.8, 4) is 6.07 Å². The standard InChI is InChI=1S/C19H21FN4O2S/c1-14-4-6-19(17(20)10-14)24-18-7-5-15(12-21)11-16(18)13-23(27(24,25)26)9-3-8-22-2/h4-7,10-11,22H,3,8-9,13H2,1-2H3. The largest absolute Gasteiger partial charge is 0.320 e. The summed E-state index contributed by atoms with van der Waals surface area (Å²) in [4.78, 5) is 0. The second-order valence-corrected chi connectivity index (χ2v) is 8.25. The molecule has 0 saturated carbocycles. The number of benzene rings is 2. The molecule has 0 radical (unpaired) electrons. The fourth-order valence-corrected chi connectivity index (χ4v) is 4.86. The number of halogens is 1. The van der Waals surface area contributed by atoms with Gasteiger partial charge >= 0.3 is 10.2 Å². The lowest BCUT2D eigenvalue weighted by Gasteiger charge is -2.37. The molecule has 8 heteroatoms. The van der Waals surface area contributed by atoms with Crippen LogP contribution in [0.3, 0.4) is 0 Å². The first-order valence-corrected chi connectivity index (χ1v) is 10.0. The average molecular weight is 388 g/mol. The van der Waals surface area contributed by atoms with E-state index in [9.17, 15) is 18.1 Å². The molecule has 142 valence electrons. The second-order valence-electron chi connectivity index (χ2n) is 6.47. The van der Waals surface area contributed by atoms with Crippen LogP contribution in [0, 0.1) is 24.1 Å². The Morgan fingerprint density at radius 1 is 1.22 bits per heavy atom. The lowest BCUT2D eigenvalue weighted by Crippen LogP contribution is -2.46. The van der Waals surface area contributed by atoms with Crippen LogP contribution in [0.15, 0.2) is 36.4 Å². The summed E-state index contributed by atoms with van der Waals surface area (Å²) in [5.74, 6) is -0.606. The van der Waals surface area contributed by atoms with Gasteiger partial charge in [0.25, 0.3) is 0 Å². The Morgan fingerprint density at radius 3 is 2.63 bits per heavy atom. The predicted octanol–water partition coefficient (Wildman–Crippen LogP) is 2.81. The maximum absolute atomic E-state index is 14.7. The third-order valence-electron chi connectivity index (χ3n) is 4.49. The zero-order chi connectivity index (χ0) is 19.6. The van der Waals surface area contributed by atoms with Crippen molar-refractivity contribution in [3.63, 3.8) is 0 Å². The Labute approximate surface area is 159 Å². The topological polar surface area (TPSA) is 76.4 Å². The molecule has 1 N–H and O–H groups in total. The van der Waals surface area contributed by atoms with Gasteiger partial charge in [0.1, 0.15) is 5.82 Å². The summed E-state index contributed by atoms with van der Waals surface area (Å²) < 4.78 is 43.6. The molecule has 0 aliphatic carbocycles. The van der Waals surface area contributed by atoms with Crippen LogP contribution in [0.25, 0.3) is 0 Å². The van der Waals surface area contributed by atoms with E-state index in [2.05, 4.69) is 11.4 Å². The van der Waals surface area contributed by atoms with Gasteiger partial charge in [-0.1, -0.05) is 6.07 Å². The monoisotopic (exact) mass is 388 g/mol. The van der Waals surface area contributed by atoms with Crippen LogP contribution in [-0.2, 0) is 16.8 Å². The van der Waals surface area contributed by atoms with Crippen LogP contribution in [0.4, 0.5) is 15.8 Å². The van der Waals surface area contributed by atoms with Crippen molar-refractivity contribution in [2.24, 2.45) is 0 Å². The highest BCUT2D eigenvalue weighted by atomic mass is 32.2. The molecular weight excluding hydrogens is 367 g/mol. The molecule has 1 heterocycles. The summed E-state index contributed by atoms with van der Waals surface area (Å²) in [7, 11) is -2.15. The van der Waals surface area contributed by atoms with E-state index in [4.69, 9.17) is 0 Å². The summed E-state index contributed by atoms with van der Waals surface area (Å²) in [6.45, 7) is 2.86. The van der Waals surface area contributed by atoms with Gasteiger partial charge in [0.15, 0.2) is 0 Å². The molecule has 3 rings (SSSR count). The SMILES string of the molecule is CNCCCN1Cc2cc(C#N)ccc2N(c2ccc(C)cc2F)S1(=O)=O. The maximum Gasteiger partial charge on any atom is 0.308 e. The molecule has 0 spiro atoms. The van der Waals surface area contributed by atoms with Gasteiger partial charge < -0.3 is 5.32 Å². The number of aryl methyl sites for hydroxylation is 1. The van der Waals surface area contributed by atoms with Gasteiger partial charge in [-0.25, -0.2) is 8.70 Å². The Bertz CT molecular complexity index is 1000. The molecule has 0 amide bonds. The third-order valence-corrected chi connectivity index (χ3v) is 6.31. The van der Waals surface area contributed by atoms with Crippen molar-refractivity contribution >= 4 is 21.6 Å². The number of rotatable bonds is 5. The molecule has 0 atom stereocenters.